The van der Waals surface area contributed by atoms with Gasteiger partial charge in [-0.3, -0.25) is 4.79 Å². The highest BCUT2D eigenvalue weighted by atomic mass is 35.5. The Labute approximate surface area is 133 Å². The molecule has 0 fully saturated rings. The average molecular weight is 326 g/mol. The maximum absolute atomic E-state index is 13.0. The van der Waals surface area contributed by atoms with Gasteiger partial charge in [-0.05, 0) is 42.3 Å². The maximum Gasteiger partial charge on any atom is 0.162 e. The number of ketones is 1. The molecule has 0 saturated heterocycles. The second-order valence-corrected chi connectivity index (χ2v) is 4.80. The normalized spacial score (nSPS) is 11.4. The van der Waals surface area contributed by atoms with Crippen LogP contribution in [0.1, 0.15) is 18.1 Å². The van der Waals surface area contributed by atoms with E-state index in [1.807, 2.05) is 0 Å². The van der Waals surface area contributed by atoms with Crippen LogP contribution in [0.15, 0.2) is 48.5 Å². The average Bonchev–Trinajstić information content (AvgIpc) is 2.41. The Morgan fingerprint density at radius 2 is 1.48 bits per heavy atom. The van der Waals surface area contributed by atoms with Crippen LogP contribution in [0.2, 0.25) is 5.02 Å². The smallest absolute Gasteiger partial charge is 0.162 e. The number of rotatable bonds is 3. The predicted octanol–water partition coefficient (Wildman–Crippen LogP) is 4.32. The predicted molar refractivity (Wildman–Crippen MR) is 86.8 cm³/mol. The lowest BCUT2D eigenvalue weighted by Crippen LogP contribution is -2.07. The number of halogens is 3. The molecule has 0 aliphatic heterocycles. The summed E-state index contributed by atoms with van der Waals surface area (Å²) in [6.07, 6.45) is 0. The fourth-order valence-corrected chi connectivity index (χ4v) is 2.06. The van der Waals surface area contributed by atoms with Crippen molar-refractivity contribution in [3.63, 3.8) is 0 Å². The van der Waals surface area contributed by atoms with E-state index >= 15 is 0 Å². The van der Waals surface area contributed by atoms with Gasteiger partial charge in [-0.15, -0.1) is 12.4 Å². The minimum absolute atomic E-state index is 0. The van der Waals surface area contributed by atoms with Crippen molar-refractivity contribution < 1.29 is 9.18 Å². The van der Waals surface area contributed by atoms with Crippen molar-refractivity contribution in [3.05, 3.63) is 70.5 Å². The zero-order valence-corrected chi connectivity index (χ0v) is 12.8. The highest BCUT2D eigenvalue weighted by molar-refractivity contribution is 6.30. The van der Waals surface area contributed by atoms with Crippen molar-refractivity contribution in [1.82, 2.24) is 0 Å². The highest BCUT2D eigenvalue weighted by Gasteiger charge is 2.13. The molecule has 0 amide bonds. The molecule has 2 rings (SSSR count). The summed E-state index contributed by atoms with van der Waals surface area (Å²) < 4.78 is 13.0. The zero-order chi connectivity index (χ0) is 14.7. The van der Waals surface area contributed by atoms with E-state index < -0.39 is 0 Å². The Kier molecular flexibility index (Phi) is 5.94. The van der Waals surface area contributed by atoms with Crippen LogP contribution < -0.4 is 5.73 Å². The van der Waals surface area contributed by atoms with Gasteiger partial charge in [-0.25, -0.2) is 4.39 Å². The number of allylic oxidation sites excluding steroid dienone is 1. The first-order chi connectivity index (χ1) is 9.49. The van der Waals surface area contributed by atoms with E-state index in [4.69, 9.17) is 17.3 Å². The van der Waals surface area contributed by atoms with E-state index in [1.54, 1.807) is 24.3 Å². The summed E-state index contributed by atoms with van der Waals surface area (Å²) in [7, 11) is 0. The van der Waals surface area contributed by atoms with Crippen LogP contribution in [-0.2, 0) is 4.79 Å². The van der Waals surface area contributed by atoms with Crippen molar-refractivity contribution in [2.75, 3.05) is 0 Å². The summed E-state index contributed by atoms with van der Waals surface area (Å²) in [5, 5.41) is 0.590. The van der Waals surface area contributed by atoms with E-state index in [0.717, 1.165) is 0 Å². The van der Waals surface area contributed by atoms with Crippen LogP contribution in [-0.4, -0.2) is 5.78 Å². The van der Waals surface area contributed by atoms with Gasteiger partial charge >= 0.3 is 0 Å². The summed E-state index contributed by atoms with van der Waals surface area (Å²) in [5.74, 6) is -0.536. The Morgan fingerprint density at radius 3 is 1.95 bits per heavy atom. The lowest BCUT2D eigenvalue weighted by Gasteiger charge is -2.10. The lowest BCUT2D eigenvalue weighted by atomic mass is 9.97. The molecule has 2 aromatic carbocycles. The van der Waals surface area contributed by atoms with Crippen molar-refractivity contribution >= 4 is 41.1 Å². The molecule has 5 heteroatoms. The van der Waals surface area contributed by atoms with Crippen molar-refractivity contribution in [2.24, 2.45) is 5.73 Å². The topological polar surface area (TPSA) is 43.1 Å². The van der Waals surface area contributed by atoms with Gasteiger partial charge in [-0.1, -0.05) is 35.9 Å². The van der Waals surface area contributed by atoms with E-state index in [1.165, 1.54) is 31.2 Å². The van der Waals surface area contributed by atoms with Crippen LogP contribution in [0, 0.1) is 5.82 Å². The molecule has 0 heterocycles. The highest BCUT2D eigenvalue weighted by Crippen LogP contribution is 2.24. The third-order valence-corrected chi connectivity index (χ3v) is 3.16. The van der Waals surface area contributed by atoms with Crippen molar-refractivity contribution in [3.8, 4) is 0 Å². The van der Waals surface area contributed by atoms with Gasteiger partial charge < -0.3 is 5.73 Å². The number of nitrogens with two attached hydrogens (primary N) is 1. The molecule has 0 aromatic heterocycles. The number of hydrogen-bond acceptors (Lipinski definition) is 2. The number of hydrogen-bond donors (Lipinski definition) is 1. The SMILES string of the molecule is CC(=O)/C(=C(/N)c1ccc(Cl)cc1)c1ccc(F)cc1.Cl. The number of carbonyl (C=O) groups is 1. The minimum Gasteiger partial charge on any atom is -0.398 e. The molecule has 2 nitrogen and oxygen atoms in total. The number of benzene rings is 2. The summed E-state index contributed by atoms with van der Waals surface area (Å²) in [6.45, 7) is 1.43. The molecule has 0 aliphatic rings. The van der Waals surface area contributed by atoms with Crippen molar-refractivity contribution in [1.29, 1.82) is 0 Å². The molecule has 0 unspecified atom stereocenters. The number of carbonyl (C=O) groups excluding carboxylic acids is 1. The Hall–Kier alpha value is -1.84. The Balaban J connectivity index is 0.00000220. The van der Waals surface area contributed by atoms with Gasteiger partial charge in [0.1, 0.15) is 5.82 Å². The van der Waals surface area contributed by atoms with E-state index in [9.17, 15) is 9.18 Å². The van der Waals surface area contributed by atoms with E-state index in [2.05, 4.69) is 0 Å². The second kappa shape index (κ2) is 7.25. The molecule has 0 atom stereocenters. The first-order valence-electron chi connectivity index (χ1n) is 6.01. The first-order valence-corrected chi connectivity index (χ1v) is 6.39. The molecule has 110 valence electrons. The van der Waals surface area contributed by atoms with Gasteiger partial charge in [-0.2, -0.15) is 0 Å². The lowest BCUT2D eigenvalue weighted by molar-refractivity contribution is -0.111. The quantitative estimate of drug-likeness (QED) is 0.674. The van der Waals surface area contributed by atoms with Gasteiger partial charge in [0, 0.05) is 10.6 Å². The third-order valence-electron chi connectivity index (χ3n) is 2.91. The Bertz CT molecular complexity index is 664. The van der Waals surface area contributed by atoms with Crippen LogP contribution in [0.5, 0.6) is 0 Å². The molecule has 2 aromatic rings. The molecule has 0 radical (unpaired) electrons. The first kappa shape index (κ1) is 17.2. The summed E-state index contributed by atoms with van der Waals surface area (Å²) in [4.78, 5) is 11.9. The van der Waals surface area contributed by atoms with E-state index in [-0.39, 0.29) is 24.0 Å². The Morgan fingerprint density at radius 1 is 1.00 bits per heavy atom. The summed E-state index contributed by atoms with van der Waals surface area (Å²) in [6, 6.07) is 12.6. The zero-order valence-electron chi connectivity index (χ0n) is 11.3. The molecule has 0 aliphatic carbocycles. The molecule has 0 saturated carbocycles. The van der Waals surface area contributed by atoms with Crippen LogP contribution in [0.25, 0.3) is 11.3 Å². The molecule has 2 N–H and O–H groups in total. The van der Waals surface area contributed by atoms with Gasteiger partial charge in [0.2, 0.25) is 0 Å². The second-order valence-electron chi connectivity index (χ2n) is 4.36. The summed E-state index contributed by atoms with van der Waals surface area (Å²) >= 11 is 5.83. The standard InChI is InChI=1S/C16H13ClFNO.ClH/c1-10(20)15(11-4-8-14(18)9-5-11)16(19)12-2-6-13(17)7-3-12;/h2-9H,19H2,1H3;1H/b16-15-;. The largest absolute Gasteiger partial charge is 0.398 e. The minimum atomic E-state index is -0.360. The molecule has 21 heavy (non-hydrogen) atoms. The monoisotopic (exact) mass is 325 g/mol. The molecular formula is C16H14Cl2FNO. The van der Waals surface area contributed by atoms with E-state index in [0.29, 0.717) is 27.4 Å². The summed E-state index contributed by atoms with van der Waals surface area (Å²) in [5.41, 5.74) is 8.09. The van der Waals surface area contributed by atoms with Crippen LogP contribution in [0.4, 0.5) is 4.39 Å². The van der Waals surface area contributed by atoms with Crippen LogP contribution in [0.3, 0.4) is 0 Å². The van der Waals surface area contributed by atoms with Crippen molar-refractivity contribution in [2.45, 2.75) is 6.92 Å². The molecule has 0 bridgehead atoms. The number of Topliss-reactive ketones (excluding diaryl/α,β-unsaturated/α-hetero) is 1. The van der Waals surface area contributed by atoms with Gasteiger partial charge in [0.05, 0.1) is 5.70 Å². The van der Waals surface area contributed by atoms with Gasteiger partial charge in [0.15, 0.2) is 5.78 Å². The fraction of sp³-hybridized carbons (Fsp3) is 0.0625. The molecular weight excluding hydrogens is 312 g/mol. The molecule has 0 spiro atoms. The maximum atomic E-state index is 13.0. The third kappa shape index (κ3) is 4.06. The van der Waals surface area contributed by atoms with Crippen LogP contribution >= 0.6 is 24.0 Å². The van der Waals surface area contributed by atoms with Gasteiger partial charge in [0.25, 0.3) is 0 Å². The fourth-order valence-electron chi connectivity index (χ4n) is 1.94.